The van der Waals surface area contributed by atoms with Crippen molar-refractivity contribution in [3.8, 4) is 33.1 Å². The first-order valence-corrected chi connectivity index (χ1v) is 13.2. The SMILES string of the molecule is CCCCC(=O)Nc1cncc(-c2ccc3[nH]nc(-c4cc5c(-c6ccc(C)s6)nccc5[nH]4)c3c2)c1. The Bertz CT molecular complexity index is 1740. The van der Waals surface area contributed by atoms with Crippen molar-refractivity contribution < 1.29 is 4.79 Å². The number of thiophene rings is 1. The van der Waals surface area contributed by atoms with E-state index in [0.717, 1.165) is 67.7 Å². The van der Waals surface area contributed by atoms with Crippen molar-refractivity contribution in [3.63, 3.8) is 0 Å². The molecule has 0 radical (unpaired) electrons. The Labute approximate surface area is 218 Å². The lowest BCUT2D eigenvalue weighted by molar-refractivity contribution is -0.116. The summed E-state index contributed by atoms with van der Waals surface area (Å²) in [5.74, 6) is 0.0127. The topological polar surface area (TPSA) is 99.3 Å². The standard InChI is InChI=1S/C29H26N6OS/c1-3-4-5-27(36)32-20-12-19(15-30-16-20)18-7-8-24-21(13-18)28(35-34-24)25-14-22-23(33-25)10-11-31-29(22)26-9-6-17(2)37-26/h6-16,33H,3-5H2,1-2H3,(H,32,36)(H,34,35). The van der Waals surface area contributed by atoms with Crippen molar-refractivity contribution in [1.82, 2.24) is 25.1 Å². The average Bonchev–Trinajstić information content (AvgIpc) is 3.64. The highest BCUT2D eigenvalue weighted by Crippen LogP contribution is 2.36. The molecule has 5 aromatic heterocycles. The molecule has 0 unspecified atom stereocenters. The van der Waals surface area contributed by atoms with Gasteiger partial charge in [-0.1, -0.05) is 19.4 Å². The fourth-order valence-electron chi connectivity index (χ4n) is 4.57. The number of pyridine rings is 2. The lowest BCUT2D eigenvalue weighted by Gasteiger charge is -2.07. The molecule has 0 bridgehead atoms. The summed E-state index contributed by atoms with van der Waals surface area (Å²) in [6.07, 6.45) is 7.71. The van der Waals surface area contributed by atoms with E-state index in [1.165, 1.54) is 4.88 Å². The van der Waals surface area contributed by atoms with Crippen LogP contribution in [0.5, 0.6) is 0 Å². The van der Waals surface area contributed by atoms with Crippen LogP contribution >= 0.6 is 11.3 Å². The highest BCUT2D eigenvalue weighted by Gasteiger charge is 2.16. The van der Waals surface area contributed by atoms with Crippen LogP contribution in [0.3, 0.4) is 0 Å². The number of nitrogens with one attached hydrogen (secondary N) is 3. The predicted octanol–water partition coefficient (Wildman–Crippen LogP) is 7.33. The zero-order valence-corrected chi connectivity index (χ0v) is 21.4. The molecule has 0 aliphatic carbocycles. The Morgan fingerprint density at radius 1 is 0.973 bits per heavy atom. The van der Waals surface area contributed by atoms with Crippen LogP contribution in [-0.2, 0) is 4.79 Å². The molecule has 6 rings (SSSR count). The number of H-pyrrole nitrogens is 2. The minimum Gasteiger partial charge on any atom is -0.353 e. The second-order valence-corrected chi connectivity index (χ2v) is 10.4. The molecule has 0 spiro atoms. The van der Waals surface area contributed by atoms with Crippen LogP contribution in [0.1, 0.15) is 31.1 Å². The van der Waals surface area contributed by atoms with E-state index in [4.69, 9.17) is 0 Å². The molecule has 0 atom stereocenters. The summed E-state index contributed by atoms with van der Waals surface area (Å²) in [5.41, 5.74) is 7.34. The first-order valence-electron chi connectivity index (χ1n) is 12.4. The fourth-order valence-corrected chi connectivity index (χ4v) is 5.44. The first kappa shape index (κ1) is 23.1. The van der Waals surface area contributed by atoms with Gasteiger partial charge in [-0.25, -0.2) is 0 Å². The number of rotatable bonds is 7. The van der Waals surface area contributed by atoms with Gasteiger partial charge in [0.25, 0.3) is 0 Å². The van der Waals surface area contributed by atoms with Gasteiger partial charge >= 0.3 is 0 Å². The van der Waals surface area contributed by atoms with E-state index in [1.807, 2.05) is 36.7 Å². The zero-order chi connectivity index (χ0) is 25.4. The van der Waals surface area contributed by atoms with Crippen molar-refractivity contribution in [2.24, 2.45) is 0 Å². The Morgan fingerprint density at radius 2 is 1.86 bits per heavy atom. The quantitative estimate of drug-likeness (QED) is 0.211. The normalized spacial score (nSPS) is 11.4. The van der Waals surface area contributed by atoms with Crippen LogP contribution in [0, 0.1) is 6.92 Å². The molecule has 0 aliphatic heterocycles. The number of amides is 1. The van der Waals surface area contributed by atoms with E-state index in [0.29, 0.717) is 12.1 Å². The maximum absolute atomic E-state index is 12.2. The van der Waals surface area contributed by atoms with E-state index < -0.39 is 0 Å². The molecule has 0 saturated carbocycles. The average molecular weight is 507 g/mol. The van der Waals surface area contributed by atoms with Gasteiger partial charge in [0.05, 0.1) is 33.7 Å². The molecule has 6 aromatic rings. The van der Waals surface area contributed by atoms with Crippen LogP contribution in [0.25, 0.3) is 54.9 Å². The van der Waals surface area contributed by atoms with Gasteiger partial charge in [-0.15, -0.1) is 11.3 Å². The van der Waals surface area contributed by atoms with E-state index in [-0.39, 0.29) is 5.91 Å². The minimum atomic E-state index is 0.0127. The molecule has 1 amide bonds. The first-order chi connectivity index (χ1) is 18.1. The van der Waals surface area contributed by atoms with Crippen LogP contribution in [0.2, 0.25) is 0 Å². The summed E-state index contributed by atoms with van der Waals surface area (Å²) in [4.78, 5) is 27.2. The van der Waals surface area contributed by atoms with Crippen LogP contribution in [-0.4, -0.2) is 31.1 Å². The van der Waals surface area contributed by atoms with E-state index in [2.05, 4.69) is 68.6 Å². The lowest BCUT2D eigenvalue weighted by atomic mass is 10.0. The molecule has 3 N–H and O–H groups in total. The predicted molar refractivity (Wildman–Crippen MR) is 151 cm³/mol. The Kier molecular flexibility index (Phi) is 6.02. The molecule has 0 fully saturated rings. The maximum Gasteiger partial charge on any atom is 0.224 e. The number of aromatic amines is 2. The van der Waals surface area contributed by atoms with Crippen molar-refractivity contribution >= 4 is 44.7 Å². The van der Waals surface area contributed by atoms with Crippen LogP contribution in [0.15, 0.2) is 67.1 Å². The largest absolute Gasteiger partial charge is 0.353 e. The van der Waals surface area contributed by atoms with E-state index in [9.17, 15) is 4.79 Å². The van der Waals surface area contributed by atoms with Gasteiger partial charge in [0.15, 0.2) is 0 Å². The molecule has 0 aliphatic rings. The number of carbonyl (C=O) groups is 1. The molecule has 1 aromatic carbocycles. The Hall–Kier alpha value is -4.30. The smallest absolute Gasteiger partial charge is 0.224 e. The molecule has 8 heteroatoms. The minimum absolute atomic E-state index is 0.0127. The number of hydrogen-bond donors (Lipinski definition) is 3. The molecular formula is C29H26N6OS. The molecular weight excluding hydrogens is 480 g/mol. The number of hydrogen-bond acceptors (Lipinski definition) is 5. The molecule has 0 saturated heterocycles. The number of nitrogens with zero attached hydrogens (tertiary/aromatic N) is 3. The van der Waals surface area contributed by atoms with E-state index in [1.54, 1.807) is 17.5 Å². The molecule has 37 heavy (non-hydrogen) atoms. The van der Waals surface area contributed by atoms with Gasteiger partial charge < -0.3 is 10.3 Å². The van der Waals surface area contributed by atoms with Gasteiger partial charge in [-0.05, 0) is 61.4 Å². The number of carbonyl (C=O) groups excluding carboxylic acids is 1. The van der Waals surface area contributed by atoms with Gasteiger partial charge in [-0.2, -0.15) is 5.10 Å². The number of aryl methyl sites for hydroxylation is 1. The molecule has 7 nitrogen and oxygen atoms in total. The highest BCUT2D eigenvalue weighted by molar-refractivity contribution is 7.15. The number of aromatic nitrogens is 5. The lowest BCUT2D eigenvalue weighted by Crippen LogP contribution is -2.11. The third kappa shape index (κ3) is 4.51. The number of unbranched alkanes of at least 4 members (excludes halogenated alkanes) is 1. The number of anilines is 1. The third-order valence-electron chi connectivity index (χ3n) is 6.45. The zero-order valence-electron chi connectivity index (χ0n) is 20.6. The second kappa shape index (κ2) is 9.63. The second-order valence-electron chi connectivity index (χ2n) is 9.16. The maximum atomic E-state index is 12.2. The Balaban J connectivity index is 1.37. The summed E-state index contributed by atoms with van der Waals surface area (Å²) in [5, 5.41) is 12.8. The van der Waals surface area contributed by atoms with Crippen LogP contribution < -0.4 is 5.32 Å². The van der Waals surface area contributed by atoms with Gasteiger partial charge in [0, 0.05) is 45.5 Å². The van der Waals surface area contributed by atoms with Crippen molar-refractivity contribution in [3.05, 3.63) is 72.0 Å². The Morgan fingerprint density at radius 3 is 2.70 bits per heavy atom. The van der Waals surface area contributed by atoms with Crippen molar-refractivity contribution in [2.75, 3.05) is 5.32 Å². The van der Waals surface area contributed by atoms with Gasteiger partial charge in [-0.3, -0.25) is 19.9 Å². The van der Waals surface area contributed by atoms with Gasteiger partial charge in [0.1, 0.15) is 5.69 Å². The van der Waals surface area contributed by atoms with Crippen molar-refractivity contribution in [2.45, 2.75) is 33.1 Å². The monoisotopic (exact) mass is 506 g/mol. The number of benzene rings is 1. The molecule has 184 valence electrons. The van der Waals surface area contributed by atoms with Crippen molar-refractivity contribution in [1.29, 1.82) is 0 Å². The van der Waals surface area contributed by atoms with Crippen LogP contribution in [0.4, 0.5) is 5.69 Å². The molecule has 5 heterocycles. The highest BCUT2D eigenvalue weighted by atomic mass is 32.1. The number of fused-ring (bicyclic) bond motifs is 2. The fraction of sp³-hybridized carbons (Fsp3) is 0.172. The summed E-state index contributed by atoms with van der Waals surface area (Å²) in [7, 11) is 0. The van der Waals surface area contributed by atoms with Gasteiger partial charge in [0.2, 0.25) is 5.91 Å². The third-order valence-corrected chi connectivity index (χ3v) is 7.46. The summed E-state index contributed by atoms with van der Waals surface area (Å²) in [6, 6.07) is 16.5. The summed E-state index contributed by atoms with van der Waals surface area (Å²) >= 11 is 1.74. The van der Waals surface area contributed by atoms with E-state index >= 15 is 0 Å². The summed E-state index contributed by atoms with van der Waals surface area (Å²) < 4.78 is 0. The summed E-state index contributed by atoms with van der Waals surface area (Å²) in [6.45, 7) is 4.18.